The van der Waals surface area contributed by atoms with Gasteiger partial charge in [-0.2, -0.15) is 0 Å². The van der Waals surface area contributed by atoms with E-state index in [1.54, 1.807) is 0 Å². The van der Waals surface area contributed by atoms with E-state index >= 15 is 0 Å². The molecule has 0 spiro atoms. The van der Waals surface area contributed by atoms with E-state index in [-0.39, 0.29) is 0 Å². The van der Waals surface area contributed by atoms with Crippen molar-refractivity contribution in [1.29, 1.82) is 0 Å². The van der Waals surface area contributed by atoms with Crippen LogP contribution < -0.4 is 5.32 Å². The van der Waals surface area contributed by atoms with Gasteiger partial charge in [0.2, 0.25) is 0 Å². The third-order valence-electron chi connectivity index (χ3n) is 2.37. The number of hydrogen-bond acceptors (Lipinski definition) is 3. The summed E-state index contributed by atoms with van der Waals surface area (Å²) in [5.41, 5.74) is 0. The molecule has 2 atom stereocenters. The molecule has 3 nitrogen and oxygen atoms in total. The van der Waals surface area contributed by atoms with Gasteiger partial charge in [-0.05, 0) is 18.4 Å². The van der Waals surface area contributed by atoms with E-state index in [2.05, 4.69) is 22.2 Å². The minimum atomic E-state index is 0.610. The molecule has 0 saturated heterocycles. The Morgan fingerprint density at radius 2 is 2.33 bits per heavy atom. The summed E-state index contributed by atoms with van der Waals surface area (Å²) in [6.07, 6.45) is 3.06. The van der Waals surface area contributed by atoms with Crippen LogP contribution >= 0.6 is 0 Å². The van der Waals surface area contributed by atoms with E-state index in [0.717, 1.165) is 17.6 Å². The second-order valence-corrected chi connectivity index (χ2v) is 3.37. The highest BCUT2D eigenvalue weighted by Gasteiger charge is 2.36. The zero-order chi connectivity index (χ0) is 8.55. The van der Waals surface area contributed by atoms with Crippen LogP contribution in [0.15, 0.2) is 12.3 Å². The third kappa shape index (κ3) is 1.26. The summed E-state index contributed by atoms with van der Waals surface area (Å²) >= 11 is 0. The molecule has 1 aliphatic carbocycles. The Bertz CT molecular complexity index is 285. The van der Waals surface area contributed by atoms with Gasteiger partial charge in [0.25, 0.3) is 0 Å². The minimum absolute atomic E-state index is 0.610. The Morgan fingerprint density at radius 3 is 2.92 bits per heavy atom. The van der Waals surface area contributed by atoms with Crippen molar-refractivity contribution in [3.8, 4) is 0 Å². The van der Waals surface area contributed by atoms with Crippen molar-refractivity contribution in [2.45, 2.75) is 19.3 Å². The molecule has 1 saturated carbocycles. The first-order valence-electron chi connectivity index (χ1n) is 4.32. The van der Waals surface area contributed by atoms with E-state index < -0.39 is 0 Å². The van der Waals surface area contributed by atoms with Gasteiger partial charge >= 0.3 is 0 Å². The Balaban J connectivity index is 2.21. The van der Waals surface area contributed by atoms with Crippen molar-refractivity contribution in [2.75, 3.05) is 12.4 Å². The van der Waals surface area contributed by atoms with Gasteiger partial charge in [-0.15, -0.1) is 0 Å². The van der Waals surface area contributed by atoms with Gasteiger partial charge in [-0.3, -0.25) is 0 Å². The Hall–Kier alpha value is -1.12. The topological polar surface area (TPSA) is 37.8 Å². The van der Waals surface area contributed by atoms with Crippen molar-refractivity contribution in [3.63, 3.8) is 0 Å². The molecule has 0 aromatic carbocycles. The van der Waals surface area contributed by atoms with Crippen LogP contribution in [0.4, 0.5) is 5.82 Å². The number of nitrogens with zero attached hydrogens (tertiary/aromatic N) is 2. The summed E-state index contributed by atoms with van der Waals surface area (Å²) in [4.78, 5) is 8.63. The van der Waals surface area contributed by atoms with Crippen LogP contribution in [0.5, 0.6) is 0 Å². The van der Waals surface area contributed by atoms with Crippen LogP contribution in [0.3, 0.4) is 0 Å². The van der Waals surface area contributed by atoms with Gasteiger partial charge in [0, 0.05) is 19.2 Å². The molecule has 1 heterocycles. The van der Waals surface area contributed by atoms with E-state index in [9.17, 15) is 0 Å². The molecule has 12 heavy (non-hydrogen) atoms. The van der Waals surface area contributed by atoms with Crippen LogP contribution in [0.1, 0.15) is 25.1 Å². The maximum Gasteiger partial charge on any atom is 0.134 e. The summed E-state index contributed by atoms with van der Waals surface area (Å²) in [7, 11) is 1.88. The lowest BCUT2D eigenvalue weighted by Gasteiger charge is -2.00. The van der Waals surface area contributed by atoms with Crippen molar-refractivity contribution in [2.24, 2.45) is 5.92 Å². The first kappa shape index (κ1) is 7.53. The molecule has 1 aliphatic rings. The van der Waals surface area contributed by atoms with Crippen molar-refractivity contribution in [3.05, 3.63) is 18.1 Å². The molecule has 1 fully saturated rings. The molecule has 3 heteroatoms. The Labute approximate surface area is 72.2 Å². The average molecular weight is 163 g/mol. The van der Waals surface area contributed by atoms with Gasteiger partial charge < -0.3 is 5.32 Å². The maximum absolute atomic E-state index is 4.38. The molecule has 0 aliphatic heterocycles. The highest BCUT2D eigenvalue weighted by molar-refractivity contribution is 5.32. The molecular weight excluding hydrogens is 150 g/mol. The normalized spacial score (nSPS) is 26.8. The van der Waals surface area contributed by atoms with Gasteiger partial charge in [0.1, 0.15) is 11.6 Å². The molecule has 0 amide bonds. The van der Waals surface area contributed by atoms with Gasteiger partial charge in [-0.25, -0.2) is 9.97 Å². The fraction of sp³-hybridized carbons (Fsp3) is 0.556. The number of nitrogens with one attached hydrogen (secondary N) is 1. The Morgan fingerprint density at radius 1 is 1.58 bits per heavy atom. The maximum atomic E-state index is 4.38. The SMILES string of the molecule is CNc1ccnc(C2CC2C)n1. The zero-order valence-corrected chi connectivity index (χ0v) is 7.41. The Kier molecular flexibility index (Phi) is 1.71. The van der Waals surface area contributed by atoms with E-state index in [1.807, 2.05) is 19.3 Å². The van der Waals surface area contributed by atoms with Crippen LogP contribution in [-0.2, 0) is 0 Å². The molecule has 2 unspecified atom stereocenters. The molecule has 1 aromatic rings. The molecular formula is C9H13N3. The lowest BCUT2D eigenvalue weighted by Crippen LogP contribution is -1.98. The predicted octanol–water partition coefficient (Wildman–Crippen LogP) is 1.64. The number of rotatable bonds is 2. The lowest BCUT2D eigenvalue weighted by atomic mass is 10.3. The summed E-state index contributed by atoms with van der Waals surface area (Å²) in [5.74, 6) is 3.30. The highest BCUT2D eigenvalue weighted by Crippen LogP contribution is 2.45. The smallest absolute Gasteiger partial charge is 0.134 e. The largest absolute Gasteiger partial charge is 0.373 e. The molecule has 2 rings (SSSR count). The second-order valence-electron chi connectivity index (χ2n) is 3.37. The van der Waals surface area contributed by atoms with Crippen LogP contribution in [-0.4, -0.2) is 17.0 Å². The fourth-order valence-corrected chi connectivity index (χ4v) is 1.37. The molecule has 64 valence electrons. The summed E-state index contributed by atoms with van der Waals surface area (Å²) in [6, 6.07) is 1.89. The van der Waals surface area contributed by atoms with Crippen molar-refractivity contribution in [1.82, 2.24) is 9.97 Å². The van der Waals surface area contributed by atoms with Crippen LogP contribution in [0, 0.1) is 5.92 Å². The standard InChI is InChI=1S/C9H13N3/c1-6-5-7(6)9-11-4-3-8(10-2)12-9/h3-4,6-7H,5H2,1-2H3,(H,10,11,12). The summed E-state index contributed by atoms with van der Waals surface area (Å²) in [5, 5.41) is 3.01. The molecule has 1 aromatic heterocycles. The monoisotopic (exact) mass is 163 g/mol. The lowest BCUT2D eigenvalue weighted by molar-refractivity contribution is 0.843. The number of aromatic nitrogens is 2. The summed E-state index contributed by atoms with van der Waals surface area (Å²) < 4.78 is 0. The molecule has 0 bridgehead atoms. The zero-order valence-electron chi connectivity index (χ0n) is 7.41. The summed E-state index contributed by atoms with van der Waals surface area (Å²) in [6.45, 7) is 2.24. The van der Waals surface area contributed by atoms with Gasteiger partial charge in [0.15, 0.2) is 0 Å². The van der Waals surface area contributed by atoms with Crippen LogP contribution in [0.2, 0.25) is 0 Å². The van der Waals surface area contributed by atoms with E-state index in [0.29, 0.717) is 5.92 Å². The highest BCUT2D eigenvalue weighted by atomic mass is 15.0. The van der Waals surface area contributed by atoms with E-state index in [4.69, 9.17) is 0 Å². The first-order chi connectivity index (χ1) is 5.81. The third-order valence-corrected chi connectivity index (χ3v) is 2.37. The van der Waals surface area contributed by atoms with Gasteiger partial charge in [0.05, 0.1) is 0 Å². The fourth-order valence-electron chi connectivity index (χ4n) is 1.37. The average Bonchev–Trinajstić information content (AvgIpc) is 2.83. The number of hydrogen-bond donors (Lipinski definition) is 1. The van der Waals surface area contributed by atoms with Crippen molar-refractivity contribution < 1.29 is 0 Å². The second kappa shape index (κ2) is 2.73. The van der Waals surface area contributed by atoms with Crippen molar-refractivity contribution >= 4 is 5.82 Å². The minimum Gasteiger partial charge on any atom is -0.373 e. The van der Waals surface area contributed by atoms with Crippen LogP contribution in [0.25, 0.3) is 0 Å². The molecule has 1 N–H and O–H groups in total. The number of anilines is 1. The van der Waals surface area contributed by atoms with Gasteiger partial charge in [-0.1, -0.05) is 6.92 Å². The quantitative estimate of drug-likeness (QED) is 0.720. The molecule has 0 radical (unpaired) electrons. The first-order valence-corrected chi connectivity index (χ1v) is 4.32. The predicted molar refractivity (Wildman–Crippen MR) is 48.1 cm³/mol. The van der Waals surface area contributed by atoms with E-state index in [1.165, 1.54) is 6.42 Å².